The molecule has 0 saturated carbocycles. The van der Waals surface area contributed by atoms with Crippen molar-refractivity contribution in [2.45, 2.75) is 19.8 Å². The van der Waals surface area contributed by atoms with Crippen LogP contribution in [0, 0.1) is 11.3 Å². The lowest BCUT2D eigenvalue weighted by atomic mass is 10.0. The van der Waals surface area contributed by atoms with Gasteiger partial charge in [0.15, 0.2) is 0 Å². The molecule has 3 rings (SSSR count). The summed E-state index contributed by atoms with van der Waals surface area (Å²) in [4.78, 5) is 12.5. The predicted octanol–water partition coefficient (Wildman–Crippen LogP) is 5.51. The van der Waals surface area contributed by atoms with Crippen molar-refractivity contribution in [3.05, 3.63) is 83.4 Å². The molecule has 128 valence electrons. The number of carbonyl (C=O) groups excluding carboxylic acids is 1. The molecule has 1 amide bonds. The van der Waals surface area contributed by atoms with Gasteiger partial charge >= 0.3 is 0 Å². The number of anilines is 1. The number of nitrogens with zero attached hydrogens (tertiary/aromatic N) is 1. The van der Waals surface area contributed by atoms with Crippen LogP contribution in [-0.2, 0) is 4.79 Å². The fourth-order valence-corrected chi connectivity index (χ4v) is 2.76. The van der Waals surface area contributed by atoms with Gasteiger partial charge < -0.3 is 5.32 Å². The van der Waals surface area contributed by atoms with Crippen molar-refractivity contribution < 1.29 is 4.79 Å². The maximum absolute atomic E-state index is 12.5. The number of rotatable bonds is 4. The first-order valence-electron chi connectivity index (χ1n) is 8.59. The van der Waals surface area contributed by atoms with E-state index in [1.807, 2.05) is 72.8 Å². The van der Waals surface area contributed by atoms with Gasteiger partial charge in [-0.2, -0.15) is 5.26 Å². The highest BCUT2D eigenvalue weighted by Crippen LogP contribution is 2.20. The minimum Gasteiger partial charge on any atom is -0.321 e. The Hall–Kier alpha value is -3.38. The first kappa shape index (κ1) is 17.4. The number of carbonyl (C=O) groups is 1. The van der Waals surface area contributed by atoms with Gasteiger partial charge in [0.2, 0.25) is 0 Å². The molecule has 3 aromatic carbocycles. The molecule has 0 saturated heterocycles. The van der Waals surface area contributed by atoms with Crippen LogP contribution >= 0.6 is 0 Å². The standard InChI is InChI=1S/C23H20N2O/c1-16(2)18-9-7-17(8-10-18)13-21(15-24)23(26)25-22-12-11-19-5-3-4-6-20(19)14-22/h3-14,16H,1-2H3,(H,25,26). The molecule has 0 radical (unpaired) electrons. The fraction of sp³-hybridized carbons (Fsp3) is 0.130. The van der Waals surface area contributed by atoms with Gasteiger partial charge in [0.05, 0.1) is 0 Å². The van der Waals surface area contributed by atoms with Crippen LogP contribution in [0.15, 0.2) is 72.3 Å². The monoisotopic (exact) mass is 340 g/mol. The highest BCUT2D eigenvalue weighted by Gasteiger charge is 2.10. The lowest BCUT2D eigenvalue weighted by molar-refractivity contribution is -0.112. The maximum atomic E-state index is 12.5. The fourth-order valence-electron chi connectivity index (χ4n) is 2.76. The van der Waals surface area contributed by atoms with Gasteiger partial charge in [0.25, 0.3) is 5.91 Å². The molecule has 3 heteroatoms. The summed E-state index contributed by atoms with van der Waals surface area (Å²) in [5, 5.41) is 14.3. The summed E-state index contributed by atoms with van der Waals surface area (Å²) in [6, 6.07) is 23.5. The summed E-state index contributed by atoms with van der Waals surface area (Å²) in [6.07, 6.45) is 1.61. The van der Waals surface area contributed by atoms with Crippen LogP contribution in [0.25, 0.3) is 16.8 Å². The van der Waals surface area contributed by atoms with Crippen molar-refractivity contribution in [2.24, 2.45) is 0 Å². The van der Waals surface area contributed by atoms with E-state index in [2.05, 4.69) is 19.2 Å². The number of hydrogen-bond acceptors (Lipinski definition) is 2. The second-order valence-electron chi connectivity index (χ2n) is 6.51. The third-order valence-electron chi connectivity index (χ3n) is 4.29. The molecular formula is C23H20N2O. The third-order valence-corrected chi connectivity index (χ3v) is 4.29. The average molecular weight is 340 g/mol. The van der Waals surface area contributed by atoms with Crippen LogP contribution in [0.2, 0.25) is 0 Å². The topological polar surface area (TPSA) is 52.9 Å². The Labute approximate surface area is 153 Å². The van der Waals surface area contributed by atoms with Crippen LogP contribution in [0.3, 0.4) is 0 Å². The summed E-state index contributed by atoms with van der Waals surface area (Å²) < 4.78 is 0. The van der Waals surface area contributed by atoms with E-state index < -0.39 is 5.91 Å². The highest BCUT2D eigenvalue weighted by molar-refractivity contribution is 6.10. The molecule has 0 fully saturated rings. The molecule has 0 atom stereocenters. The van der Waals surface area contributed by atoms with Crippen LogP contribution in [0.4, 0.5) is 5.69 Å². The number of nitriles is 1. The second-order valence-corrected chi connectivity index (χ2v) is 6.51. The molecule has 0 aromatic heterocycles. The van der Waals surface area contributed by atoms with E-state index in [0.717, 1.165) is 16.3 Å². The first-order chi connectivity index (χ1) is 12.6. The zero-order chi connectivity index (χ0) is 18.5. The van der Waals surface area contributed by atoms with Crippen molar-refractivity contribution in [3.63, 3.8) is 0 Å². The Balaban J connectivity index is 1.80. The van der Waals surface area contributed by atoms with E-state index >= 15 is 0 Å². The van der Waals surface area contributed by atoms with E-state index in [-0.39, 0.29) is 5.57 Å². The highest BCUT2D eigenvalue weighted by atomic mass is 16.1. The largest absolute Gasteiger partial charge is 0.321 e. The van der Waals surface area contributed by atoms with E-state index in [0.29, 0.717) is 11.6 Å². The van der Waals surface area contributed by atoms with E-state index in [4.69, 9.17) is 0 Å². The van der Waals surface area contributed by atoms with Gasteiger partial charge in [0, 0.05) is 5.69 Å². The van der Waals surface area contributed by atoms with Gasteiger partial charge in [-0.05, 0) is 46.0 Å². The Bertz CT molecular complexity index is 1010. The molecular weight excluding hydrogens is 320 g/mol. The Kier molecular flexibility index (Phi) is 5.15. The van der Waals surface area contributed by atoms with Crippen LogP contribution < -0.4 is 5.32 Å². The summed E-state index contributed by atoms with van der Waals surface area (Å²) >= 11 is 0. The van der Waals surface area contributed by atoms with Crippen molar-refractivity contribution in [2.75, 3.05) is 5.32 Å². The second kappa shape index (κ2) is 7.67. The Morgan fingerprint density at radius 1 is 1.00 bits per heavy atom. The molecule has 0 aliphatic rings. The zero-order valence-corrected chi connectivity index (χ0v) is 14.9. The van der Waals surface area contributed by atoms with E-state index in [9.17, 15) is 10.1 Å². The van der Waals surface area contributed by atoms with Gasteiger partial charge in [-0.15, -0.1) is 0 Å². The van der Waals surface area contributed by atoms with Crippen molar-refractivity contribution >= 4 is 28.4 Å². The third kappa shape index (κ3) is 3.99. The van der Waals surface area contributed by atoms with Crippen molar-refractivity contribution in [1.29, 1.82) is 5.26 Å². The van der Waals surface area contributed by atoms with Gasteiger partial charge in [-0.25, -0.2) is 0 Å². The Morgan fingerprint density at radius 3 is 2.35 bits per heavy atom. The summed E-state index contributed by atoms with van der Waals surface area (Å²) in [5.41, 5.74) is 2.81. The number of amides is 1. The summed E-state index contributed by atoms with van der Waals surface area (Å²) in [5.74, 6) is 0.0374. The summed E-state index contributed by atoms with van der Waals surface area (Å²) in [7, 11) is 0. The molecule has 0 unspecified atom stereocenters. The van der Waals surface area contributed by atoms with E-state index in [1.165, 1.54) is 5.56 Å². The normalized spacial score (nSPS) is 11.4. The van der Waals surface area contributed by atoms with Gasteiger partial charge in [-0.1, -0.05) is 68.4 Å². The SMILES string of the molecule is CC(C)c1ccc(C=C(C#N)C(=O)Nc2ccc3ccccc3c2)cc1. The summed E-state index contributed by atoms with van der Waals surface area (Å²) in [6.45, 7) is 4.26. The lowest BCUT2D eigenvalue weighted by Gasteiger charge is -2.07. The van der Waals surface area contributed by atoms with Crippen molar-refractivity contribution in [3.8, 4) is 6.07 Å². The van der Waals surface area contributed by atoms with Crippen molar-refractivity contribution in [1.82, 2.24) is 0 Å². The van der Waals surface area contributed by atoms with Crippen LogP contribution in [-0.4, -0.2) is 5.91 Å². The maximum Gasteiger partial charge on any atom is 0.266 e. The molecule has 3 nitrogen and oxygen atoms in total. The quantitative estimate of drug-likeness (QED) is 0.503. The Morgan fingerprint density at radius 2 is 1.69 bits per heavy atom. The average Bonchev–Trinajstić information content (AvgIpc) is 2.66. The number of nitrogens with one attached hydrogen (secondary N) is 1. The molecule has 0 bridgehead atoms. The molecule has 3 aromatic rings. The molecule has 0 aliphatic carbocycles. The number of hydrogen-bond donors (Lipinski definition) is 1. The predicted molar refractivity (Wildman–Crippen MR) is 107 cm³/mol. The lowest BCUT2D eigenvalue weighted by Crippen LogP contribution is -2.13. The molecule has 26 heavy (non-hydrogen) atoms. The minimum atomic E-state index is -0.407. The van der Waals surface area contributed by atoms with Crippen LogP contribution in [0.5, 0.6) is 0 Å². The molecule has 0 spiro atoms. The molecule has 0 heterocycles. The zero-order valence-electron chi connectivity index (χ0n) is 14.9. The van der Waals surface area contributed by atoms with E-state index in [1.54, 1.807) is 6.08 Å². The first-order valence-corrected chi connectivity index (χ1v) is 8.59. The number of benzene rings is 3. The molecule has 1 N–H and O–H groups in total. The van der Waals surface area contributed by atoms with Gasteiger partial charge in [0.1, 0.15) is 11.6 Å². The smallest absolute Gasteiger partial charge is 0.266 e. The van der Waals surface area contributed by atoms with Crippen LogP contribution in [0.1, 0.15) is 30.9 Å². The number of fused-ring (bicyclic) bond motifs is 1. The van der Waals surface area contributed by atoms with Gasteiger partial charge in [-0.3, -0.25) is 4.79 Å². The minimum absolute atomic E-state index is 0.0791. The molecule has 0 aliphatic heterocycles.